The van der Waals surface area contributed by atoms with Gasteiger partial charge in [-0.2, -0.15) is 0 Å². The van der Waals surface area contributed by atoms with Gasteiger partial charge in [0, 0.05) is 0 Å². The molecular formula is C28H50. The molecule has 4 aliphatic rings. The van der Waals surface area contributed by atoms with Crippen molar-refractivity contribution in [3.63, 3.8) is 0 Å². The minimum Gasteiger partial charge on any atom is -0.0533 e. The summed E-state index contributed by atoms with van der Waals surface area (Å²) in [7, 11) is 0. The van der Waals surface area contributed by atoms with Crippen LogP contribution in [0.5, 0.6) is 0 Å². The highest BCUT2D eigenvalue weighted by atomic mass is 14.3. The van der Waals surface area contributed by atoms with E-state index in [1.165, 1.54) is 38.5 Å². The Labute approximate surface area is 177 Å². The predicted octanol–water partition coefficient (Wildman–Crippen LogP) is 9.32. The zero-order valence-corrected chi connectivity index (χ0v) is 19.0. The molecule has 28 heavy (non-hydrogen) atoms. The van der Waals surface area contributed by atoms with E-state index in [2.05, 4.69) is 0 Å². The lowest BCUT2D eigenvalue weighted by Crippen LogP contribution is -2.21. The van der Waals surface area contributed by atoms with Gasteiger partial charge in [-0.05, 0) is 48.3 Å². The lowest BCUT2D eigenvalue weighted by Gasteiger charge is -2.34. The molecule has 0 heterocycles. The Kier molecular flexibility index (Phi) is 8.65. The summed E-state index contributed by atoms with van der Waals surface area (Å²) >= 11 is 0. The van der Waals surface area contributed by atoms with Gasteiger partial charge < -0.3 is 0 Å². The van der Waals surface area contributed by atoms with E-state index in [4.69, 9.17) is 0 Å². The Bertz CT molecular complexity index is 358. The maximum atomic E-state index is 1.59. The van der Waals surface area contributed by atoms with Crippen LogP contribution in [0.3, 0.4) is 0 Å². The summed E-state index contributed by atoms with van der Waals surface area (Å²) in [6.45, 7) is 0. The summed E-state index contributed by atoms with van der Waals surface area (Å²) in [6, 6.07) is 0. The second-order valence-corrected chi connectivity index (χ2v) is 11.8. The first-order valence-corrected chi connectivity index (χ1v) is 13.8. The molecule has 0 spiro atoms. The van der Waals surface area contributed by atoms with Crippen LogP contribution >= 0.6 is 0 Å². The Morgan fingerprint density at radius 3 is 0.929 bits per heavy atom. The molecule has 4 rings (SSSR count). The number of hydrogen-bond acceptors (Lipinski definition) is 0. The molecule has 4 aliphatic carbocycles. The summed E-state index contributed by atoms with van der Waals surface area (Å²) in [4.78, 5) is 0. The highest BCUT2D eigenvalue weighted by Crippen LogP contribution is 2.41. The summed E-state index contributed by atoms with van der Waals surface area (Å²) in [5.74, 6) is 6.63. The van der Waals surface area contributed by atoms with Crippen LogP contribution in [0, 0.1) is 35.5 Å². The smallest absolute Gasteiger partial charge is 0.0411 e. The van der Waals surface area contributed by atoms with Gasteiger partial charge >= 0.3 is 0 Å². The molecule has 4 fully saturated rings. The van der Waals surface area contributed by atoms with Crippen LogP contribution in [-0.4, -0.2) is 0 Å². The molecule has 0 aromatic rings. The van der Waals surface area contributed by atoms with Gasteiger partial charge in [-0.1, -0.05) is 128 Å². The fourth-order valence-electron chi connectivity index (χ4n) is 7.77. The standard InChI is InChI=1S/C28H50/c1-3-7-25(8-4-1)21-27-17-13-23(14-18-27)11-12-24-15-19-28(20-16-24)22-26-9-5-2-6-10-26/h23-28H,1-22H2. The molecule has 0 amide bonds. The topological polar surface area (TPSA) is 0 Å². The molecule has 0 aromatic carbocycles. The lowest BCUT2D eigenvalue weighted by atomic mass is 9.71. The van der Waals surface area contributed by atoms with E-state index in [-0.39, 0.29) is 0 Å². The summed E-state index contributed by atoms with van der Waals surface area (Å²) in [5, 5.41) is 0. The highest BCUT2D eigenvalue weighted by Gasteiger charge is 2.27. The monoisotopic (exact) mass is 386 g/mol. The third-order valence-corrected chi connectivity index (χ3v) is 9.70. The Hall–Kier alpha value is 0. The molecule has 0 atom stereocenters. The van der Waals surface area contributed by atoms with Crippen LogP contribution in [0.1, 0.15) is 141 Å². The van der Waals surface area contributed by atoms with E-state index in [1.54, 1.807) is 103 Å². The number of rotatable bonds is 7. The fourth-order valence-corrected chi connectivity index (χ4v) is 7.77. The normalized spacial score (nSPS) is 36.4. The van der Waals surface area contributed by atoms with Gasteiger partial charge in [0.25, 0.3) is 0 Å². The van der Waals surface area contributed by atoms with Crippen molar-refractivity contribution in [1.29, 1.82) is 0 Å². The van der Waals surface area contributed by atoms with Gasteiger partial charge in [-0.15, -0.1) is 0 Å². The van der Waals surface area contributed by atoms with Crippen LogP contribution in [0.2, 0.25) is 0 Å². The Balaban J connectivity index is 1.06. The number of hydrogen-bond donors (Lipinski definition) is 0. The lowest BCUT2D eigenvalue weighted by molar-refractivity contribution is 0.180. The molecule has 0 aromatic heterocycles. The van der Waals surface area contributed by atoms with Crippen molar-refractivity contribution in [3.8, 4) is 0 Å². The second kappa shape index (κ2) is 11.4. The van der Waals surface area contributed by atoms with Gasteiger partial charge in [0.05, 0.1) is 0 Å². The van der Waals surface area contributed by atoms with E-state index < -0.39 is 0 Å². The largest absolute Gasteiger partial charge is 0.0533 e. The third kappa shape index (κ3) is 6.77. The minimum absolute atomic E-state index is 1.10. The van der Waals surface area contributed by atoms with E-state index in [9.17, 15) is 0 Å². The molecule has 0 radical (unpaired) electrons. The van der Waals surface area contributed by atoms with E-state index in [1.807, 2.05) is 0 Å². The van der Waals surface area contributed by atoms with E-state index in [0.29, 0.717) is 0 Å². The maximum absolute atomic E-state index is 1.59. The molecule has 0 aliphatic heterocycles. The maximum Gasteiger partial charge on any atom is -0.0411 e. The van der Waals surface area contributed by atoms with Crippen molar-refractivity contribution in [3.05, 3.63) is 0 Å². The van der Waals surface area contributed by atoms with Crippen LogP contribution in [0.15, 0.2) is 0 Å². The second-order valence-electron chi connectivity index (χ2n) is 11.8. The molecular weight excluding hydrogens is 336 g/mol. The average molecular weight is 387 g/mol. The van der Waals surface area contributed by atoms with Crippen molar-refractivity contribution < 1.29 is 0 Å². The van der Waals surface area contributed by atoms with Crippen LogP contribution in [0.4, 0.5) is 0 Å². The molecule has 0 heteroatoms. The molecule has 162 valence electrons. The van der Waals surface area contributed by atoms with Crippen molar-refractivity contribution >= 4 is 0 Å². The van der Waals surface area contributed by atoms with E-state index in [0.717, 1.165) is 35.5 Å². The first-order valence-electron chi connectivity index (χ1n) is 13.8. The molecule has 0 N–H and O–H groups in total. The van der Waals surface area contributed by atoms with Gasteiger partial charge in [-0.3, -0.25) is 0 Å². The van der Waals surface area contributed by atoms with Crippen molar-refractivity contribution in [2.24, 2.45) is 35.5 Å². The fraction of sp³-hybridized carbons (Fsp3) is 1.00. The zero-order chi connectivity index (χ0) is 19.0. The molecule has 4 saturated carbocycles. The summed E-state index contributed by atoms with van der Waals surface area (Å²) in [6.07, 6.45) is 34.4. The van der Waals surface area contributed by atoms with Gasteiger partial charge in [0.2, 0.25) is 0 Å². The van der Waals surface area contributed by atoms with Crippen LogP contribution in [0.25, 0.3) is 0 Å². The average Bonchev–Trinajstić information content (AvgIpc) is 2.76. The van der Waals surface area contributed by atoms with Gasteiger partial charge in [0.1, 0.15) is 0 Å². The van der Waals surface area contributed by atoms with Crippen LogP contribution in [-0.2, 0) is 0 Å². The first-order chi connectivity index (χ1) is 13.8. The van der Waals surface area contributed by atoms with Crippen molar-refractivity contribution in [2.75, 3.05) is 0 Å². The first kappa shape index (κ1) is 21.2. The minimum atomic E-state index is 1.10. The SMILES string of the molecule is C1CCC(CC2CCC(CCC3CCC(CC4CCCCC4)CC3)CC2)CC1. The zero-order valence-electron chi connectivity index (χ0n) is 19.0. The summed E-state index contributed by atoms with van der Waals surface area (Å²) in [5.41, 5.74) is 0. The van der Waals surface area contributed by atoms with Gasteiger partial charge in [0.15, 0.2) is 0 Å². The van der Waals surface area contributed by atoms with Crippen molar-refractivity contribution in [1.82, 2.24) is 0 Å². The molecule has 0 bridgehead atoms. The Morgan fingerprint density at radius 2 is 0.571 bits per heavy atom. The Morgan fingerprint density at radius 1 is 0.286 bits per heavy atom. The highest BCUT2D eigenvalue weighted by molar-refractivity contribution is 4.80. The molecule has 0 nitrogen and oxygen atoms in total. The molecule has 0 saturated heterocycles. The predicted molar refractivity (Wildman–Crippen MR) is 123 cm³/mol. The summed E-state index contributed by atoms with van der Waals surface area (Å²) < 4.78 is 0. The third-order valence-electron chi connectivity index (χ3n) is 9.70. The van der Waals surface area contributed by atoms with Crippen LogP contribution < -0.4 is 0 Å². The quantitative estimate of drug-likeness (QED) is 0.409. The van der Waals surface area contributed by atoms with Crippen molar-refractivity contribution in [2.45, 2.75) is 141 Å². The van der Waals surface area contributed by atoms with Gasteiger partial charge in [-0.25, -0.2) is 0 Å². The molecule has 0 unspecified atom stereocenters. The van der Waals surface area contributed by atoms with E-state index >= 15 is 0 Å².